The minimum Gasteiger partial charge on any atom is -0.376 e. The molecule has 1 aromatic heterocycles. The van der Waals surface area contributed by atoms with Gasteiger partial charge in [-0.25, -0.2) is 4.98 Å². The summed E-state index contributed by atoms with van der Waals surface area (Å²) in [6.45, 7) is 7.11. The molecule has 0 N–H and O–H groups in total. The predicted octanol–water partition coefficient (Wildman–Crippen LogP) is 4.62. The molecular formula is C15H18BrClN2O. The Morgan fingerprint density at radius 3 is 2.90 bits per heavy atom. The van der Waals surface area contributed by atoms with E-state index in [-0.39, 0.29) is 17.0 Å². The molecule has 1 aromatic carbocycles. The molecule has 0 aliphatic carbocycles. The van der Waals surface area contributed by atoms with Crippen molar-refractivity contribution in [1.29, 1.82) is 0 Å². The van der Waals surface area contributed by atoms with Gasteiger partial charge < -0.3 is 9.30 Å². The van der Waals surface area contributed by atoms with E-state index in [0.29, 0.717) is 0 Å². The van der Waals surface area contributed by atoms with Crippen LogP contribution in [0.15, 0.2) is 22.7 Å². The quantitative estimate of drug-likeness (QED) is 0.733. The van der Waals surface area contributed by atoms with E-state index in [1.807, 2.05) is 19.1 Å². The van der Waals surface area contributed by atoms with Crippen LogP contribution in [0.5, 0.6) is 0 Å². The first-order valence-corrected chi connectivity index (χ1v) is 8.10. The minimum absolute atomic E-state index is 0.0962. The summed E-state index contributed by atoms with van der Waals surface area (Å²) in [5, 5.41) is -0.134. The van der Waals surface area contributed by atoms with Gasteiger partial charge >= 0.3 is 0 Å². The Kier molecular flexibility index (Phi) is 3.59. The van der Waals surface area contributed by atoms with Crippen LogP contribution >= 0.6 is 27.5 Å². The van der Waals surface area contributed by atoms with Crippen LogP contribution in [-0.4, -0.2) is 22.3 Å². The smallest absolute Gasteiger partial charge is 0.128 e. The van der Waals surface area contributed by atoms with E-state index >= 15 is 0 Å². The summed E-state index contributed by atoms with van der Waals surface area (Å²) in [6.07, 6.45) is 1.13. The van der Waals surface area contributed by atoms with Crippen molar-refractivity contribution in [3.8, 4) is 0 Å². The van der Waals surface area contributed by atoms with Gasteiger partial charge in [0.15, 0.2) is 0 Å². The molecular weight excluding hydrogens is 340 g/mol. The summed E-state index contributed by atoms with van der Waals surface area (Å²) in [5.74, 6) is 0.916. The van der Waals surface area contributed by atoms with Crippen molar-refractivity contribution in [3.63, 3.8) is 0 Å². The number of rotatable bonds is 2. The van der Waals surface area contributed by atoms with Crippen molar-refractivity contribution in [1.82, 2.24) is 9.55 Å². The number of fused-ring (bicyclic) bond motifs is 1. The highest BCUT2D eigenvalue weighted by atomic mass is 79.9. The van der Waals surface area contributed by atoms with Crippen LogP contribution in [-0.2, 0) is 10.3 Å². The van der Waals surface area contributed by atoms with E-state index in [9.17, 15) is 0 Å². The number of imidazole rings is 1. The summed E-state index contributed by atoms with van der Waals surface area (Å²) in [4.78, 5) is 4.74. The van der Waals surface area contributed by atoms with Crippen molar-refractivity contribution in [2.24, 2.45) is 0 Å². The maximum Gasteiger partial charge on any atom is 0.128 e. The van der Waals surface area contributed by atoms with Gasteiger partial charge in [-0.2, -0.15) is 0 Å². The van der Waals surface area contributed by atoms with Crippen LogP contribution in [0.2, 0.25) is 0 Å². The monoisotopic (exact) mass is 356 g/mol. The van der Waals surface area contributed by atoms with Crippen LogP contribution in [0.1, 0.15) is 38.4 Å². The molecule has 3 rings (SSSR count). The molecule has 2 heterocycles. The van der Waals surface area contributed by atoms with Gasteiger partial charge in [-0.15, -0.1) is 11.6 Å². The summed E-state index contributed by atoms with van der Waals surface area (Å²) < 4.78 is 9.11. The van der Waals surface area contributed by atoms with Crippen molar-refractivity contribution in [3.05, 3.63) is 28.5 Å². The SMILES string of the molecule is CC(Cl)c1nc2cc(Br)ccc2n1C1(C)CCOC1C. The fourth-order valence-corrected chi connectivity index (χ4v) is 3.49. The molecule has 3 atom stereocenters. The number of alkyl halides is 1. The van der Waals surface area contributed by atoms with Crippen molar-refractivity contribution in [2.45, 2.75) is 44.2 Å². The molecule has 1 fully saturated rings. The van der Waals surface area contributed by atoms with E-state index in [2.05, 4.69) is 40.4 Å². The second-order valence-electron chi connectivity index (χ2n) is 5.67. The zero-order valence-electron chi connectivity index (χ0n) is 11.9. The third-order valence-corrected chi connectivity index (χ3v) is 5.05. The average Bonchev–Trinajstić information content (AvgIpc) is 2.91. The van der Waals surface area contributed by atoms with Crippen molar-refractivity contribution in [2.75, 3.05) is 6.61 Å². The molecule has 1 saturated heterocycles. The van der Waals surface area contributed by atoms with Gasteiger partial charge in [0.2, 0.25) is 0 Å². The molecule has 20 heavy (non-hydrogen) atoms. The number of nitrogens with zero attached hydrogens (tertiary/aromatic N) is 2. The molecule has 108 valence electrons. The zero-order chi connectivity index (χ0) is 14.5. The van der Waals surface area contributed by atoms with Crippen molar-refractivity contribution >= 4 is 38.6 Å². The van der Waals surface area contributed by atoms with Crippen LogP contribution in [0, 0.1) is 0 Å². The molecule has 1 aliphatic rings. The van der Waals surface area contributed by atoms with Crippen molar-refractivity contribution < 1.29 is 4.74 Å². The number of hydrogen-bond donors (Lipinski definition) is 0. The lowest BCUT2D eigenvalue weighted by Crippen LogP contribution is -2.38. The Balaban J connectivity index is 2.29. The second-order valence-corrected chi connectivity index (χ2v) is 7.24. The number of aromatic nitrogens is 2. The highest BCUT2D eigenvalue weighted by molar-refractivity contribution is 9.10. The predicted molar refractivity (Wildman–Crippen MR) is 85.4 cm³/mol. The Bertz CT molecular complexity index is 655. The molecule has 1 aliphatic heterocycles. The first-order valence-electron chi connectivity index (χ1n) is 6.87. The van der Waals surface area contributed by atoms with Gasteiger partial charge in [0, 0.05) is 11.1 Å². The number of halogens is 2. The minimum atomic E-state index is -0.134. The molecule has 0 bridgehead atoms. The Morgan fingerprint density at radius 1 is 1.55 bits per heavy atom. The summed E-state index contributed by atoms with van der Waals surface area (Å²) in [7, 11) is 0. The van der Waals surface area contributed by atoms with Gasteiger partial charge in [-0.1, -0.05) is 15.9 Å². The molecule has 0 spiro atoms. The molecule has 2 aromatic rings. The topological polar surface area (TPSA) is 27.1 Å². The molecule has 0 amide bonds. The zero-order valence-corrected chi connectivity index (χ0v) is 14.2. The number of hydrogen-bond acceptors (Lipinski definition) is 2. The van der Waals surface area contributed by atoms with Crippen LogP contribution < -0.4 is 0 Å². The van der Waals surface area contributed by atoms with E-state index in [4.69, 9.17) is 21.3 Å². The van der Waals surface area contributed by atoms with E-state index in [1.54, 1.807) is 0 Å². The van der Waals surface area contributed by atoms with Gasteiger partial charge in [-0.05, 0) is 45.4 Å². The normalized spacial score (nSPS) is 28.1. The molecule has 0 saturated carbocycles. The van der Waals surface area contributed by atoms with E-state index in [1.165, 1.54) is 0 Å². The lowest BCUT2D eigenvalue weighted by molar-refractivity contribution is 0.0763. The van der Waals surface area contributed by atoms with Crippen LogP contribution in [0.4, 0.5) is 0 Å². The van der Waals surface area contributed by atoms with Crippen LogP contribution in [0.25, 0.3) is 11.0 Å². The summed E-state index contributed by atoms with van der Waals surface area (Å²) in [6, 6.07) is 6.19. The summed E-state index contributed by atoms with van der Waals surface area (Å²) >= 11 is 9.88. The summed E-state index contributed by atoms with van der Waals surface area (Å²) in [5.41, 5.74) is 2.00. The highest BCUT2D eigenvalue weighted by Crippen LogP contribution is 2.39. The maximum absolute atomic E-state index is 6.37. The number of ether oxygens (including phenoxy) is 1. The lowest BCUT2D eigenvalue weighted by atomic mass is 9.93. The first kappa shape index (κ1) is 14.4. The van der Waals surface area contributed by atoms with Gasteiger partial charge in [0.05, 0.1) is 28.1 Å². The first-order chi connectivity index (χ1) is 9.43. The molecule has 0 radical (unpaired) electrons. The van der Waals surface area contributed by atoms with Gasteiger partial charge in [-0.3, -0.25) is 0 Å². The van der Waals surface area contributed by atoms with Gasteiger partial charge in [0.25, 0.3) is 0 Å². The molecule has 3 unspecified atom stereocenters. The van der Waals surface area contributed by atoms with Crippen LogP contribution in [0.3, 0.4) is 0 Å². The fraction of sp³-hybridized carbons (Fsp3) is 0.533. The Labute approximate surface area is 132 Å². The Morgan fingerprint density at radius 2 is 2.30 bits per heavy atom. The molecule has 5 heteroatoms. The standard InChI is InChI=1S/C15H18BrClN2O/c1-9(17)14-18-12-8-11(16)4-5-13(12)19(14)15(3)6-7-20-10(15)2/h4-5,8-10H,6-7H2,1-3H3. The maximum atomic E-state index is 6.37. The second kappa shape index (κ2) is 5.00. The molecule has 3 nitrogen and oxygen atoms in total. The largest absolute Gasteiger partial charge is 0.376 e. The average molecular weight is 358 g/mol. The lowest BCUT2D eigenvalue weighted by Gasteiger charge is -2.32. The Hall–Kier alpha value is -0.580. The third-order valence-electron chi connectivity index (χ3n) is 4.36. The van der Waals surface area contributed by atoms with E-state index in [0.717, 1.165) is 34.4 Å². The number of benzene rings is 1. The fourth-order valence-electron chi connectivity index (χ4n) is 2.99. The highest BCUT2D eigenvalue weighted by Gasteiger charge is 2.41. The van der Waals surface area contributed by atoms with Gasteiger partial charge in [0.1, 0.15) is 5.82 Å². The van der Waals surface area contributed by atoms with E-state index < -0.39 is 0 Å². The third kappa shape index (κ3) is 2.09.